The smallest absolute Gasteiger partial charge is 0.316 e. The predicted molar refractivity (Wildman–Crippen MR) is 129 cm³/mol. The molecule has 0 spiro atoms. The number of pyridine rings is 1. The Balaban J connectivity index is 1.80. The van der Waals surface area contributed by atoms with Crippen molar-refractivity contribution in [1.29, 1.82) is 5.26 Å². The molecule has 0 amide bonds. The number of allylic oxidation sites excluding steroid dienone is 1. The van der Waals surface area contributed by atoms with Crippen LogP contribution in [-0.4, -0.2) is 23.3 Å². The van der Waals surface area contributed by atoms with Gasteiger partial charge in [0.15, 0.2) is 0 Å². The van der Waals surface area contributed by atoms with Gasteiger partial charge >= 0.3 is 5.97 Å². The molecule has 0 saturated heterocycles. The number of rotatable bonds is 7. The SMILES string of the molecule is CCCOC(=O)CSc1nc2c(c(-c3ccccc3)c1C#N)CCC2=Cc1ccccc1. The first-order valence-corrected chi connectivity index (χ1v) is 11.8. The van der Waals surface area contributed by atoms with Crippen molar-refractivity contribution in [2.45, 2.75) is 31.2 Å². The van der Waals surface area contributed by atoms with E-state index in [4.69, 9.17) is 9.72 Å². The maximum absolute atomic E-state index is 12.1. The molecule has 0 saturated carbocycles. The maximum Gasteiger partial charge on any atom is 0.316 e. The highest BCUT2D eigenvalue weighted by Gasteiger charge is 2.27. The number of benzene rings is 2. The first kappa shape index (κ1) is 21.9. The molecule has 1 aliphatic rings. The van der Waals surface area contributed by atoms with Crippen LogP contribution in [0.5, 0.6) is 0 Å². The molecular formula is C27H24N2O2S. The van der Waals surface area contributed by atoms with Gasteiger partial charge in [0.1, 0.15) is 11.1 Å². The number of aromatic nitrogens is 1. The van der Waals surface area contributed by atoms with Crippen LogP contribution >= 0.6 is 11.8 Å². The standard InChI is InChI=1S/C27H24N2O2S/c1-2-15-31-24(30)18-32-27-23(17-28)25(20-11-7-4-8-12-20)22-14-13-21(26(22)29-27)16-19-9-5-3-6-10-19/h3-12,16H,2,13-15,18H2,1H3. The van der Waals surface area contributed by atoms with Crippen LogP contribution in [0.4, 0.5) is 0 Å². The van der Waals surface area contributed by atoms with E-state index in [-0.39, 0.29) is 11.7 Å². The molecule has 4 rings (SSSR count). The second-order valence-corrected chi connectivity index (χ2v) is 8.53. The van der Waals surface area contributed by atoms with Crippen LogP contribution in [0.1, 0.15) is 42.1 Å². The Morgan fingerprint density at radius 1 is 1.12 bits per heavy atom. The predicted octanol–water partition coefficient (Wildman–Crippen LogP) is 6.15. The van der Waals surface area contributed by atoms with E-state index in [1.54, 1.807) is 0 Å². The summed E-state index contributed by atoms with van der Waals surface area (Å²) < 4.78 is 5.21. The van der Waals surface area contributed by atoms with E-state index >= 15 is 0 Å². The Hall–Kier alpha value is -3.36. The van der Waals surface area contributed by atoms with Gasteiger partial charge in [-0.25, -0.2) is 4.98 Å². The molecule has 3 aromatic rings. The summed E-state index contributed by atoms with van der Waals surface area (Å²) in [5, 5.41) is 10.6. The molecule has 160 valence electrons. The lowest BCUT2D eigenvalue weighted by Crippen LogP contribution is -2.09. The Morgan fingerprint density at radius 3 is 2.53 bits per heavy atom. The van der Waals surface area contributed by atoms with Crippen LogP contribution in [0.2, 0.25) is 0 Å². The summed E-state index contributed by atoms with van der Waals surface area (Å²) in [7, 11) is 0. The van der Waals surface area contributed by atoms with Crippen LogP contribution in [0.25, 0.3) is 22.8 Å². The summed E-state index contributed by atoms with van der Waals surface area (Å²) in [5.74, 6) is -0.156. The minimum absolute atomic E-state index is 0.131. The maximum atomic E-state index is 12.1. The topological polar surface area (TPSA) is 63.0 Å². The van der Waals surface area contributed by atoms with Gasteiger partial charge in [-0.1, -0.05) is 79.3 Å². The van der Waals surface area contributed by atoms with Gasteiger partial charge in [-0.15, -0.1) is 0 Å². The van der Waals surface area contributed by atoms with Gasteiger partial charge in [0.2, 0.25) is 0 Å². The molecule has 1 aliphatic carbocycles. The van der Waals surface area contributed by atoms with Gasteiger partial charge in [-0.3, -0.25) is 4.79 Å². The highest BCUT2D eigenvalue weighted by Crippen LogP contribution is 2.42. The minimum Gasteiger partial charge on any atom is -0.465 e. The molecule has 0 bridgehead atoms. The zero-order valence-corrected chi connectivity index (χ0v) is 18.8. The molecule has 4 nitrogen and oxygen atoms in total. The third kappa shape index (κ3) is 4.76. The molecular weight excluding hydrogens is 416 g/mol. The number of nitriles is 1. The number of esters is 1. The van der Waals surface area contributed by atoms with Gasteiger partial charge in [0, 0.05) is 5.56 Å². The van der Waals surface area contributed by atoms with E-state index < -0.39 is 0 Å². The highest BCUT2D eigenvalue weighted by atomic mass is 32.2. The van der Waals surface area contributed by atoms with Crippen LogP contribution in [0.15, 0.2) is 65.7 Å². The summed E-state index contributed by atoms with van der Waals surface area (Å²) in [6, 6.07) is 22.5. The molecule has 0 fully saturated rings. The number of ether oxygens (including phenoxy) is 1. The van der Waals surface area contributed by atoms with Crippen LogP contribution in [-0.2, 0) is 16.0 Å². The zero-order chi connectivity index (χ0) is 22.3. The zero-order valence-electron chi connectivity index (χ0n) is 18.0. The molecule has 1 aromatic heterocycles. The van der Waals surface area contributed by atoms with Crippen molar-refractivity contribution in [1.82, 2.24) is 4.98 Å². The number of thioether (sulfide) groups is 1. The summed E-state index contributed by atoms with van der Waals surface area (Å²) in [6.07, 6.45) is 4.66. The van der Waals surface area contributed by atoms with Crippen molar-refractivity contribution >= 4 is 29.4 Å². The fourth-order valence-electron chi connectivity index (χ4n) is 3.90. The van der Waals surface area contributed by atoms with Crippen LogP contribution in [0, 0.1) is 11.3 Å². The lowest BCUT2D eigenvalue weighted by molar-refractivity contribution is -0.140. The van der Waals surface area contributed by atoms with Gasteiger partial charge in [-0.05, 0) is 47.6 Å². The average molecular weight is 441 g/mol. The molecule has 32 heavy (non-hydrogen) atoms. The summed E-state index contributed by atoms with van der Waals surface area (Å²) >= 11 is 1.28. The van der Waals surface area contributed by atoms with Gasteiger partial charge < -0.3 is 4.74 Å². The largest absolute Gasteiger partial charge is 0.465 e. The number of carbonyl (C=O) groups excluding carboxylic acids is 1. The molecule has 5 heteroatoms. The lowest BCUT2D eigenvalue weighted by atomic mass is 9.95. The van der Waals surface area contributed by atoms with E-state index in [0.29, 0.717) is 17.2 Å². The van der Waals surface area contributed by atoms with E-state index in [0.717, 1.165) is 52.8 Å². The molecule has 0 atom stereocenters. The Morgan fingerprint density at radius 2 is 1.84 bits per heavy atom. The first-order chi connectivity index (χ1) is 15.7. The van der Waals surface area contributed by atoms with Gasteiger partial charge in [0.25, 0.3) is 0 Å². The number of hydrogen-bond acceptors (Lipinski definition) is 5. The second kappa shape index (κ2) is 10.3. The fraction of sp³-hybridized carbons (Fsp3) is 0.222. The number of nitrogens with zero attached hydrogens (tertiary/aromatic N) is 2. The Bertz CT molecular complexity index is 1180. The molecule has 0 unspecified atom stereocenters. The number of hydrogen-bond donors (Lipinski definition) is 0. The van der Waals surface area contributed by atoms with Crippen LogP contribution < -0.4 is 0 Å². The van der Waals surface area contributed by atoms with E-state index in [1.165, 1.54) is 11.8 Å². The monoisotopic (exact) mass is 440 g/mol. The average Bonchev–Trinajstić information content (AvgIpc) is 3.23. The number of carbonyl (C=O) groups is 1. The van der Waals surface area contributed by atoms with Crippen molar-refractivity contribution in [2.75, 3.05) is 12.4 Å². The fourth-order valence-corrected chi connectivity index (χ4v) is 4.68. The third-order valence-corrected chi connectivity index (χ3v) is 6.27. The van der Waals surface area contributed by atoms with Crippen molar-refractivity contribution in [3.05, 3.63) is 83.0 Å². The second-order valence-electron chi connectivity index (χ2n) is 7.56. The summed E-state index contributed by atoms with van der Waals surface area (Å²) in [6.45, 7) is 2.37. The molecule has 2 aromatic carbocycles. The van der Waals surface area contributed by atoms with Crippen molar-refractivity contribution in [2.24, 2.45) is 0 Å². The van der Waals surface area contributed by atoms with Crippen molar-refractivity contribution in [3.63, 3.8) is 0 Å². The van der Waals surface area contributed by atoms with Crippen molar-refractivity contribution in [3.8, 4) is 17.2 Å². The summed E-state index contributed by atoms with van der Waals surface area (Å²) in [5.41, 5.74) is 6.77. The highest BCUT2D eigenvalue weighted by molar-refractivity contribution is 7.99. The molecule has 0 N–H and O–H groups in total. The van der Waals surface area contributed by atoms with Crippen molar-refractivity contribution < 1.29 is 9.53 Å². The Labute approximate surface area is 193 Å². The van der Waals surface area contributed by atoms with Gasteiger partial charge in [0.05, 0.1) is 23.6 Å². The molecule has 0 aliphatic heterocycles. The minimum atomic E-state index is -0.288. The quantitative estimate of drug-likeness (QED) is 0.326. The van der Waals surface area contributed by atoms with E-state index in [2.05, 4.69) is 24.3 Å². The Kier molecular flexibility index (Phi) is 7.03. The summed E-state index contributed by atoms with van der Waals surface area (Å²) in [4.78, 5) is 17.0. The van der Waals surface area contributed by atoms with Gasteiger partial charge in [-0.2, -0.15) is 5.26 Å². The number of fused-ring (bicyclic) bond motifs is 1. The lowest BCUT2D eigenvalue weighted by Gasteiger charge is -2.15. The molecule has 1 heterocycles. The van der Waals surface area contributed by atoms with Crippen LogP contribution in [0.3, 0.4) is 0 Å². The molecule has 0 radical (unpaired) electrons. The third-order valence-electron chi connectivity index (χ3n) is 5.32. The normalized spacial score (nSPS) is 13.6. The van der Waals surface area contributed by atoms with E-state index in [9.17, 15) is 10.1 Å². The van der Waals surface area contributed by atoms with E-state index in [1.807, 2.05) is 55.5 Å². The first-order valence-electron chi connectivity index (χ1n) is 10.8.